The Bertz CT molecular complexity index is 488. The van der Waals surface area contributed by atoms with Crippen molar-refractivity contribution in [3.63, 3.8) is 0 Å². The summed E-state index contributed by atoms with van der Waals surface area (Å²) in [5.41, 5.74) is 3.16. The van der Waals surface area contributed by atoms with E-state index in [1.54, 1.807) is 38.5 Å². The van der Waals surface area contributed by atoms with Crippen molar-refractivity contribution in [2.45, 2.75) is 105 Å². The molecule has 0 nitrogen and oxygen atoms in total. The topological polar surface area (TPSA) is 0 Å². The average Bonchev–Trinajstić information content (AvgIpc) is 3.36. The second kappa shape index (κ2) is 4.83. The van der Waals surface area contributed by atoms with E-state index in [0.29, 0.717) is 0 Å². The maximum Gasteiger partial charge on any atom is -0.0109 e. The summed E-state index contributed by atoms with van der Waals surface area (Å²) < 4.78 is 0. The lowest BCUT2D eigenvalue weighted by molar-refractivity contribution is -0.231. The number of rotatable bonds is 8. The molecule has 0 bridgehead atoms. The molecule has 2 spiro atoms. The predicted octanol–water partition coefficient (Wildman–Crippen LogP) is 7.23. The molecule has 0 aromatic rings. The summed E-state index contributed by atoms with van der Waals surface area (Å²) in [6, 6.07) is 0. The quantitative estimate of drug-likeness (QED) is 0.412. The van der Waals surface area contributed by atoms with Crippen LogP contribution in [0.4, 0.5) is 0 Å². The molecule has 0 aromatic carbocycles. The van der Waals surface area contributed by atoms with Gasteiger partial charge in [0.15, 0.2) is 0 Å². The van der Waals surface area contributed by atoms with Gasteiger partial charge in [-0.15, -0.1) is 0 Å². The van der Waals surface area contributed by atoms with Gasteiger partial charge in [-0.2, -0.15) is 0 Å². The summed E-state index contributed by atoms with van der Waals surface area (Å²) in [5.74, 6) is 4.61. The Labute approximate surface area is 150 Å². The molecule has 0 heteroatoms. The smallest absolute Gasteiger partial charge is 0.0109 e. The highest BCUT2D eigenvalue weighted by atomic mass is 15.1. The molecule has 0 saturated heterocycles. The van der Waals surface area contributed by atoms with Crippen molar-refractivity contribution in [2.75, 3.05) is 0 Å². The Morgan fingerprint density at radius 3 is 1.46 bits per heavy atom. The zero-order chi connectivity index (χ0) is 16.8. The molecule has 0 N–H and O–H groups in total. The van der Waals surface area contributed by atoms with Gasteiger partial charge in [0.05, 0.1) is 0 Å². The highest BCUT2D eigenvalue weighted by molar-refractivity contribution is 5.50. The molecular formula is C24H40. The van der Waals surface area contributed by atoms with Crippen molar-refractivity contribution in [1.29, 1.82) is 0 Å². The minimum Gasteiger partial charge on any atom is -0.0654 e. The van der Waals surface area contributed by atoms with Crippen molar-refractivity contribution < 1.29 is 0 Å². The second-order valence-corrected chi connectivity index (χ2v) is 10.9. The zero-order valence-corrected chi connectivity index (χ0v) is 16.8. The monoisotopic (exact) mass is 328 g/mol. The molecule has 5 fully saturated rings. The zero-order valence-electron chi connectivity index (χ0n) is 16.8. The van der Waals surface area contributed by atoms with Crippen molar-refractivity contribution in [1.82, 2.24) is 0 Å². The minimum absolute atomic E-state index is 0.732. The fourth-order valence-electron chi connectivity index (χ4n) is 10.5. The highest BCUT2D eigenvalue weighted by Gasteiger charge is 3.03. The van der Waals surface area contributed by atoms with E-state index in [2.05, 4.69) is 27.7 Å². The number of hydrogen-bond donors (Lipinski definition) is 0. The molecule has 8 atom stereocenters. The minimum atomic E-state index is 0.732. The van der Waals surface area contributed by atoms with E-state index in [9.17, 15) is 0 Å². The van der Waals surface area contributed by atoms with Gasteiger partial charge >= 0.3 is 0 Å². The van der Waals surface area contributed by atoms with Gasteiger partial charge in [-0.25, -0.2) is 0 Å². The third kappa shape index (κ3) is 1.31. The molecule has 0 heterocycles. The number of hydrogen-bond acceptors (Lipinski definition) is 0. The van der Waals surface area contributed by atoms with Crippen LogP contribution in [0.25, 0.3) is 0 Å². The van der Waals surface area contributed by atoms with Crippen LogP contribution in [-0.2, 0) is 0 Å². The molecule has 136 valence electrons. The largest absolute Gasteiger partial charge is 0.0654 e. The fraction of sp³-hybridized carbons (Fsp3) is 1.00. The third-order valence-corrected chi connectivity index (χ3v) is 11.0. The van der Waals surface area contributed by atoms with Gasteiger partial charge < -0.3 is 0 Å². The van der Waals surface area contributed by atoms with Crippen LogP contribution >= 0.6 is 0 Å². The molecular weight excluding hydrogens is 288 g/mol. The van der Waals surface area contributed by atoms with Crippen LogP contribution in [0.15, 0.2) is 0 Å². The third-order valence-electron chi connectivity index (χ3n) is 11.0. The lowest BCUT2D eigenvalue weighted by Crippen LogP contribution is -2.65. The Morgan fingerprint density at radius 2 is 1.08 bits per heavy atom. The lowest BCUT2D eigenvalue weighted by atomic mass is 9.34. The second-order valence-electron chi connectivity index (χ2n) is 10.9. The molecule has 5 rings (SSSR count). The van der Waals surface area contributed by atoms with Crippen molar-refractivity contribution in [2.24, 2.45) is 45.3 Å². The van der Waals surface area contributed by atoms with Gasteiger partial charge in [0, 0.05) is 0 Å². The molecule has 5 aliphatic carbocycles. The van der Waals surface area contributed by atoms with Crippen LogP contribution in [-0.4, -0.2) is 0 Å². The summed E-state index contributed by atoms with van der Waals surface area (Å²) in [6.07, 6.45) is 18.3. The Kier molecular flexibility index (Phi) is 3.26. The molecule has 0 aromatic heterocycles. The Balaban J connectivity index is 1.42. The van der Waals surface area contributed by atoms with E-state index in [4.69, 9.17) is 0 Å². The van der Waals surface area contributed by atoms with Gasteiger partial charge in [-0.3, -0.25) is 0 Å². The summed E-state index contributed by atoms with van der Waals surface area (Å²) in [4.78, 5) is 0. The molecule has 2 unspecified atom stereocenters. The normalized spacial score (nSPS) is 58.5. The van der Waals surface area contributed by atoms with Crippen LogP contribution in [0.2, 0.25) is 0 Å². The van der Waals surface area contributed by atoms with Gasteiger partial charge in [-0.1, -0.05) is 66.2 Å². The summed E-state index contributed by atoms with van der Waals surface area (Å²) in [7, 11) is 0. The summed E-state index contributed by atoms with van der Waals surface area (Å²) in [5, 5.41) is 0. The van der Waals surface area contributed by atoms with Crippen molar-refractivity contribution in [3.8, 4) is 0 Å². The molecule has 0 amide bonds. The van der Waals surface area contributed by atoms with Crippen LogP contribution in [0, 0.1) is 45.3 Å². The van der Waals surface area contributed by atoms with Crippen LogP contribution in [0.1, 0.15) is 105 Å². The number of unbranched alkanes of at least 4 members (excludes halogenated alkanes) is 4. The first-order valence-electron chi connectivity index (χ1n) is 11.6. The van der Waals surface area contributed by atoms with E-state index >= 15 is 0 Å². The van der Waals surface area contributed by atoms with E-state index in [-0.39, 0.29) is 0 Å². The maximum atomic E-state index is 2.77. The fourth-order valence-corrected chi connectivity index (χ4v) is 10.5. The maximum absolute atomic E-state index is 2.77. The number of fused-ring (bicyclic) bond motifs is 1. The SMILES string of the molecule is CCCCC[C@@H]1[C@@H]2CC[C@]3(C)C12C12[C@H](CCCCC)[C@@H]1CC[C@]23C. The Hall–Kier alpha value is 0. The van der Waals surface area contributed by atoms with Crippen LogP contribution < -0.4 is 0 Å². The predicted molar refractivity (Wildman–Crippen MR) is 102 cm³/mol. The van der Waals surface area contributed by atoms with E-state index < -0.39 is 0 Å². The van der Waals surface area contributed by atoms with Crippen molar-refractivity contribution in [3.05, 3.63) is 0 Å². The average molecular weight is 329 g/mol. The van der Waals surface area contributed by atoms with Gasteiger partial charge in [0.1, 0.15) is 0 Å². The first kappa shape index (κ1) is 16.2. The van der Waals surface area contributed by atoms with Gasteiger partial charge in [0.2, 0.25) is 0 Å². The molecule has 0 radical (unpaired) electrons. The molecule has 0 aliphatic heterocycles. The standard InChI is InChI=1S/C24H40/c1-5-7-9-11-17-19-13-15-21(3)22(4)16-14-20-18(12-10-8-6-2)24(20,22)23(17,19)21/h17-20H,5-16H2,1-4H3/t17-,18-,19+,20+,21+,22+,23?,24?/m1/s1. The molecule has 24 heavy (non-hydrogen) atoms. The molecule has 5 saturated carbocycles. The summed E-state index contributed by atoms with van der Waals surface area (Å²) in [6.45, 7) is 10.3. The summed E-state index contributed by atoms with van der Waals surface area (Å²) >= 11 is 0. The first-order chi connectivity index (χ1) is 11.6. The van der Waals surface area contributed by atoms with Crippen LogP contribution in [0.5, 0.6) is 0 Å². The molecule has 5 aliphatic rings. The highest BCUT2D eigenvalue weighted by Crippen LogP contribution is 3.08. The van der Waals surface area contributed by atoms with Gasteiger partial charge in [0.25, 0.3) is 0 Å². The van der Waals surface area contributed by atoms with E-state index in [0.717, 1.165) is 45.3 Å². The van der Waals surface area contributed by atoms with E-state index in [1.165, 1.54) is 38.5 Å². The van der Waals surface area contributed by atoms with Crippen LogP contribution in [0.3, 0.4) is 0 Å². The van der Waals surface area contributed by atoms with E-state index in [1.807, 2.05) is 0 Å². The Morgan fingerprint density at radius 1 is 0.667 bits per heavy atom. The first-order valence-corrected chi connectivity index (χ1v) is 11.6. The lowest BCUT2D eigenvalue weighted by Gasteiger charge is -2.70. The van der Waals surface area contributed by atoms with Crippen molar-refractivity contribution >= 4 is 0 Å². The van der Waals surface area contributed by atoms with Gasteiger partial charge in [-0.05, 0) is 83.9 Å².